The van der Waals surface area contributed by atoms with Crippen LogP contribution in [0.1, 0.15) is 35.3 Å². The van der Waals surface area contributed by atoms with E-state index in [0.29, 0.717) is 27.4 Å². The summed E-state index contributed by atoms with van der Waals surface area (Å²) in [4.78, 5) is 2.27. The summed E-state index contributed by atoms with van der Waals surface area (Å²) in [5, 5.41) is 20.0. The van der Waals surface area contributed by atoms with Gasteiger partial charge < -0.3 is 9.84 Å². The number of aliphatic hydroxyl groups excluding tert-OH is 1. The van der Waals surface area contributed by atoms with E-state index in [1.54, 1.807) is 6.07 Å². The quantitative estimate of drug-likeness (QED) is 0.557. The molecule has 6 nitrogen and oxygen atoms in total. The highest BCUT2D eigenvalue weighted by molar-refractivity contribution is 6.35. The first-order valence-electron chi connectivity index (χ1n) is 10.6. The van der Waals surface area contributed by atoms with Gasteiger partial charge in [0, 0.05) is 28.7 Å². The first-order chi connectivity index (χ1) is 15.3. The zero-order chi connectivity index (χ0) is 22.6. The van der Waals surface area contributed by atoms with E-state index in [2.05, 4.69) is 15.1 Å². The van der Waals surface area contributed by atoms with E-state index in [0.717, 1.165) is 47.8 Å². The van der Waals surface area contributed by atoms with Gasteiger partial charge in [-0.1, -0.05) is 34.8 Å². The molecule has 0 bridgehead atoms. The van der Waals surface area contributed by atoms with Crippen molar-refractivity contribution in [1.82, 2.24) is 19.7 Å². The van der Waals surface area contributed by atoms with Crippen LogP contribution in [-0.4, -0.2) is 50.0 Å². The van der Waals surface area contributed by atoms with Gasteiger partial charge >= 0.3 is 0 Å². The topological polar surface area (TPSA) is 63.4 Å². The molecule has 9 heteroatoms. The molecular formula is C23H23Cl3N4O2. The Hall–Kier alpha value is -1.83. The molecule has 3 aromatic rings. The van der Waals surface area contributed by atoms with Gasteiger partial charge in [0.15, 0.2) is 0 Å². The highest BCUT2D eigenvalue weighted by Gasteiger charge is 2.41. The van der Waals surface area contributed by atoms with Gasteiger partial charge in [0.1, 0.15) is 23.5 Å². The second-order valence-electron chi connectivity index (χ2n) is 8.45. The minimum absolute atomic E-state index is 0.0381. The van der Waals surface area contributed by atoms with E-state index in [9.17, 15) is 5.11 Å². The molecule has 1 aromatic heterocycles. The SMILES string of the molecule is Cc1nnc(C)n1-c1ccc(O[C@@H]2c3cc(Cl)cc(Cl)c3C[C@@H]2N2CC[C@@H](O)C2)c(Cl)c1. The van der Waals surface area contributed by atoms with Gasteiger partial charge in [-0.3, -0.25) is 9.47 Å². The monoisotopic (exact) mass is 492 g/mol. The second-order valence-corrected chi connectivity index (χ2v) is 9.70. The Labute approximate surface area is 201 Å². The molecule has 0 saturated carbocycles. The van der Waals surface area contributed by atoms with Crippen molar-refractivity contribution in [3.63, 3.8) is 0 Å². The summed E-state index contributed by atoms with van der Waals surface area (Å²) in [6.45, 7) is 5.22. The number of ether oxygens (including phenoxy) is 1. The number of β-amino-alcohol motifs (C(OH)–C–C–N with tert-alkyl or cyclic N) is 1. The summed E-state index contributed by atoms with van der Waals surface area (Å²) in [6.07, 6.45) is 0.864. The molecule has 0 unspecified atom stereocenters. The van der Waals surface area contributed by atoms with E-state index in [-0.39, 0.29) is 18.2 Å². The van der Waals surface area contributed by atoms with Crippen LogP contribution in [0.2, 0.25) is 15.1 Å². The Morgan fingerprint density at radius 3 is 2.44 bits per heavy atom. The summed E-state index contributed by atoms with van der Waals surface area (Å²) < 4.78 is 8.46. The van der Waals surface area contributed by atoms with Gasteiger partial charge in [-0.2, -0.15) is 0 Å². The Morgan fingerprint density at radius 2 is 1.78 bits per heavy atom. The average molecular weight is 494 g/mol. The molecule has 1 aliphatic carbocycles. The van der Waals surface area contributed by atoms with Crippen LogP contribution in [0.5, 0.6) is 5.75 Å². The van der Waals surface area contributed by atoms with Crippen LogP contribution in [0, 0.1) is 13.8 Å². The molecule has 3 atom stereocenters. The second kappa shape index (κ2) is 8.50. The summed E-state index contributed by atoms with van der Waals surface area (Å²) in [7, 11) is 0. The van der Waals surface area contributed by atoms with Crippen molar-refractivity contribution < 1.29 is 9.84 Å². The normalized spacial score (nSPS) is 23.0. The number of fused-ring (bicyclic) bond motifs is 1. The van der Waals surface area contributed by atoms with Crippen molar-refractivity contribution >= 4 is 34.8 Å². The largest absolute Gasteiger partial charge is 0.482 e. The Balaban J connectivity index is 1.50. The maximum absolute atomic E-state index is 10.1. The first kappa shape index (κ1) is 22.0. The van der Waals surface area contributed by atoms with E-state index in [1.807, 2.05) is 42.7 Å². The van der Waals surface area contributed by atoms with Crippen molar-refractivity contribution in [2.75, 3.05) is 13.1 Å². The summed E-state index contributed by atoms with van der Waals surface area (Å²) in [6, 6.07) is 9.40. The number of aromatic nitrogens is 3. The van der Waals surface area contributed by atoms with Crippen molar-refractivity contribution in [3.05, 3.63) is 68.2 Å². The van der Waals surface area contributed by atoms with Gasteiger partial charge in [0.2, 0.25) is 0 Å². The Kier molecular flexibility index (Phi) is 5.84. The van der Waals surface area contributed by atoms with Crippen LogP contribution in [0.3, 0.4) is 0 Å². The molecule has 1 fully saturated rings. The number of halogens is 3. The molecule has 0 amide bonds. The number of aliphatic hydroxyl groups is 1. The Morgan fingerprint density at radius 1 is 1.03 bits per heavy atom. The summed E-state index contributed by atoms with van der Waals surface area (Å²) in [5.74, 6) is 2.15. The van der Waals surface area contributed by atoms with Crippen molar-refractivity contribution in [3.8, 4) is 11.4 Å². The maximum Gasteiger partial charge on any atom is 0.140 e. The van der Waals surface area contributed by atoms with Crippen LogP contribution in [0.15, 0.2) is 30.3 Å². The standard InChI is InChI=1S/C23H23Cl3N4O2/c1-12-27-28-13(2)30(12)15-3-4-22(20(26)9-15)32-23-18-7-14(24)8-19(25)17(18)10-21(23)29-6-5-16(31)11-29/h3-4,7-9,16,21,23,31H,5-6,10-11H2,1-2H3/t16-,21+,23-/m1/s1. The van der Waals surface area contributed by atoms with Crippen LogP contribution in [0.4, 0.5) is 0 Å². The molecule has 1 saturated heterocycles. The van der Waals surface area contributed by atoms with E-state index >= 15 is 0 Å². The fraction of sp³-hybridized carbons (Fsp3) is 0.391. The maximum atomic E-state index is 10.1. The molecule has 2 aliphatic rings. The molecule has 1 aliphatic heterocycles. The van der Waals surface area contributed by atoms with E-state index in [1.165, 1.54) is 0 Å². The van der Waals surface area contributed by atoms with Crippen molar-refractivity contribution in [1.29, 1.82) is 0 Å². The molecule has 2 aromatic carbocycles. The fourth-order valence-corrected chi connectivity index (χ4v) is 5.66. The van der Waals surface area contributed by atoms with Gasteiger partial charge in [0.25, 0.3) is 0 Å². The molecule has 2 heterocycles. The zero-order valence-corrected chi connectivity index (χ0v) is 20.0. The number of aryl methyl sites for hydroxylation is 2. The van der Waals surface area contributed by atoms with Crippen molar-refractivity contribution in [2.24, 2.45) is 0 Å². The lowest BCUT2D eigenvalue weighted by atomic mass is 10.1. The third-order valence-electron chi connectivity index (χ3n) is 6.34. The number of benzene rings is 2. The predicted molar refractivity (Wildman–Crippen MR) is 125 cm³/mol. The van der Waals surface area contributed by atoms with Crippen LogP contribution in [0.25, 0.3) is 5.69 Å². The number of hydrogen-bond donors (Lipinski definition) is 1. The van der Waals surface area contributed by atoms with Crippen LogP contribution >= 0.6 is 34.8 Å². The van der Waals surface area contributed by atoms with Gasteiger partial charge in [-0.25, -0.2) is 0 Å². The predicted octanol–water partition coefficient (Wildman–Crippen LogP) is 4.96. The summed E-state index contributed by atoms with van der Waals surface area (Å²) in [5.41, 5.74) is 2.88. The molecule has 168 valence electrons. The zero-order valence-electron chi connectivity index (χ0n) is 17.7. The molecule has 1 N–H and O–H groups in total. The first-order valence-corrected chi connectivity index (χ1v) is 11.7. The van der Waals surface area contributed by atoms with Crippen LogP contribution in [-0.2, 0) is 6.42 Å². The van der Waals surface area contributed by atoms with E-state index in [4.69, 9.17) is 39.5 Å². The number of rotatable bonds is 4. The van der Waals surface area contributed by atoms with Crippen molar-refractivity contribution in [2.45, 2.75) is 44.9 Å². The number of likely N-dealkylation sites (tertiary alicyclic amines) is 1. The Bertz CT molecular complexity index is 1160. The fourth-order valence-electron chi connectivity index (χ4n) is 4.85. The molecule has 5 rings (SSSR count). The number of hydrogen-bond acceptors (Lipinski definition) is 5. The highest BCUT2D eigenvalue weighted by Crippen LogP contribution is 2.44. The number of nitrogens with zero attached hydrogens (tertiary/aromatic N) is 4. The lowest BCUT2D eigenvalue weighted by molar-refractivity contribution is 0.0819. The molecular weight excluding hydrogens is 471 g/mol. The van der Waals surface area contributed by atoms with Gasteiger partial charge in [-0.05, 0) is 62.6 Å². The van der Waals surface area contributed by atoms with Crippen LogP contribution < -0.4 is 4.74 Å². The smallest absolute Gasteiger partial charge is 0.140 e. The third-order valence-corrected chi connectivity index (χ3v) is 7.19. The lowest BCUT2D eigenvalue weighted by Crippen LogP contribution is -2.39. The average Bonchev–Trinajstić information content (AvgIpc) is 3.41. The van der Waals surface area contributed by atoms with Gasteiger partial charge in [0.05, 0.1) is 22.9 Å². The minimum atomic E-state index is -0.323. The lowest BCUT2D eigenvalue weighted by Gasteiger charge is -2.30. The molecule has 32 heavy (non-hydrogen) atoms. The highest BCUT2D eigenvalue weighted by atomic mass is 35.5. The van der Waals surface area contributed by atoms with E-state index < -0.39 is 0 Å². The molecule has 0 radical (unpaired) electrons. The van der Waals surface area contributed by atoms with Gasteiger partial charge in [-0.15, -0.1) is 10.2 Å². The molecule has 0 spiro atoms. The summed E-state index contributed by atoms with van der Waals surface area (Å²) >= 11 is 19.5. The third kappa shape index (κ3) is 3.88. The minimum Gasteiger partial charge on any atom is -0.482 e.